The second-order valence-corrected chi connectivity index (χ2v) is 7.92. The number of amides is 1. The van der Waals surface area contributed by atoms with Crippen LogP contribution < -0.4 is 9.62 Å². The van der Waals surface area contributed by atoms with E-state index in [9.17, 15) is 13.2 Å². The fraction of sp³-hybridized carbons (Fsp3) is 0.235. The number of halogens is 1. The number of benzene rings is 2. The Hall–Kier alpha value is -2.05. The maximum atomic E-state index is 12.4. The first-order valence-corrected chi connectivity index (χ1v) is 9.52. The smallest absolute Gasteiger partial charge is 0.251 e. The quantitative estimate of drug-likeness (QED) is 0.883. The molecule has 24 heavy (non-hydrogen) atoms. The number of rotatable bonds is 5. The van der Waals surface area contributed by atoms with Gasteiger partial charge in [-0.1, -0.05) is 41.9 Å². The molecule has 2 aromatic carbocycles. The molecule has 0 saturated carbocycles. The summed E-state index contributed by atoms with van der Waals surface area (Å²) in [6, 6.07) is 13.9. The molecule has 0 aliphatic carbocycles. The highest BCUT2D eigenvalue weighted by atomic mass is 35.5. The van der Waals surface area contributed by atoms with Gasteiger partial charge in [-0.05, 0) is 30.7 Å². The van der Waals surface area contributed by atoms with E-state index in [1.807, 2.05) is 37.3 Å². The van der Waals surface area contributed by atoms with Gasteiger partial charge < -0.3 is 5.32 Å². The number of carbonyl (C=O) groups is 1. The minimum absolute atomic E-state index is 0.175. The van der Waals surface area contributed by atoms with Crippen LogP contribution in [-0.2, 0) is 10.0 Å². The lowest BCUT2D eigenvalue weighted by molar-refractivity contribution is 0.0940. The minimum atomic E-state index is -3.47. The third-order valence-corrected chi connectivity index (χ3v) is 5.20. The SMILES string of the molecule is CC(NC(=O)c1ccc(Cl)c(N(C)S(C)(=O)=O)c1)c1ccccc1. The van der Waals surface area contributed by atoms with Gasteiger partial charge in [-0.2, -0.15) is 0 Å². The highest BCUT2D eigenvalue weighted by Crippen LogP contribution is 2.28. The molecule has 2 rings (SSSR count). The summed E-state index contributed by atoms with van der Waals surface area (Å²) in [7, 11) is -2.08. The van der Waals surface area contributed by atoms with Gasteiger partial charge in [0.05, 0.1) is 23.0 Å². The zero-order chi connectivity index (χ0) is 17.9. The van der Waals surface area contributed by atoms with Crippen LogP contribution >= 0.6 is 11.6 Å². The van der Waals surface area contributed by atoms with Crippen LogP contribution in [0, 0.1) is 0 Å². The molecule has 7 heteroatoms. The molecule has 1 atom stereocenters. The standard InChI is InChI=1S/C17H19ClN2O3S/c1-12(13-7-5-4-6-8-13)19-17(21)14-9-10-15(18)16(11-14)20(2)24(3,22)23/h4-12H,1-3H3,(H,19,21). The third kappa shape index (κ3) is 4.27. The van der Waals surface area contributed by atoms with Crippen LogP contribution in [0.4, 0.5) is 5.69 Å². The Morgan fingerprint density at radius 1 is 1.17 bits per heavy atom. The molecule has 1 unspecified atom stereocenters. The molecule has 0 aliphatic heterocycles. The lowest BCUT2D eigenvalue weighted by Gasteiger charge is -2.19. The summed E-state index contributed by atoms with van der Waals surface area (Å²) in [5.41, 5.74) is 1.58. The lowest BCUT2D eigenvalue weighted by Crippen LogP contribution is -2.28. The molecule has 5 nitrogen and oxygen atoms in total. The first-order chi connectivity index (χ1) is 11.2. The first-order valence-electron chi connectivity index (χ1n) is 7.29. The van der Waals surface area contributed by atoms with Crippen LogP contribution in [0.1, 0.15) is 28.9 Å². The van der Waals surface area contributed by atoms with E-state index in [2.05, 4.69) is 5.32 Å². The van der Waals surface area contributed by atoms with Gasteiger partial charge in [-0.3, -0.25) is 9.10 Å². The van der Waals surface area contributed by atoms with Crippen molar-refractivity contribution in [3.05, 3.63) is 64.7 Å². The van der Waals surface area contributed by atoms with Crippen molar-refractivity contribution in [2.24, 2.45) is 0 Å². The largest absolute Gasteiger partial charge is 0.346 e. The van der Waals surface area contributed by atoms with Crippen LogP contribution in [0.2, 0.25) is 5.02 Å². The topological polar surface area (TPSA) is 66.5 Å². The van der Waals surface area contributed by atoms with E-state index in [0.29, 0.717) is 5.56 Å². The van der Waals surface area contributed by atoms with E-state index in [1.165, 1.54) is 19.2 Å². The highest BCUT2D eigenvalue weighted by Gasteiger charge is 2.18. The van der Waals surface area contributed by atoms with E-state index in [1.54, 1.807) is 6.07 Å². The van der Waals surface area contributed by atoms with Crippen LogP contribution in [0.5, 0.6) is 0 Å². The van der Waals surface area contributed by atoms with Crippen molar-refractivity contribution in [1.82, 2.24) is 5.32 Å². The summed E-state index contributed by atoms with van der Waals surface area (Å²) in [5.74, 6) is -0.300. The van der Waals surface area contributed by atoms with Gasteiger partial charge in [-0.25, -0.2) is 8.42 Å². The molecule has 1 amide bonds. The second kappa shape index (κ2) is 7.23. The zero-order valence-corrected chi connectivity index (χ0v) is 15.2. The van der Waals surface area contributed by atoms with Crippen LogP contribution in [0.15, 0.2) is 48.5 Å². The Kier molecular flexibility index (Phi) is 5.51. The molecule has 1 N–H and O–H groups in total. The Morgan fingerprint density at radius 3 is 2.38 bits per heavy atom. The zero-order valence-electron chi connectivity index (χ0n) is 13.7. The van der Waals surface area contributed by atoms with Crippen LogP contribution in [0.3, 0.4) is 0 Å². The predicted octanol–water partition coefficient (Wildman–Crippen LogP) is 3.23. The van der Waals surface area contributed by atoms with Gasteiger partial charge in [0, 0.05) is 12.6 Å². The summed E-state index contributed by atoms with van der Waals surface area (Å²) in [5, 5.41) is 3.15. The summed E-state index contributed by atoms with van der Waals surface area (Å²) in [6.45, 7) is 1.88. The normalized spacial score (nSPS) is 12.5. The molecule has 0 spiro atoms. The van der Waals surface area contributed by atoms with Crippen LogP contribution in [0.25, 0.3) is 0 Å². The highest BCUT2D eigenvalue weighted by molar-refractivity contribution is 7.92. The molecule has 0 aliphatic rings. The summed E-state index contributed by atoms with van der Waals surface area (Å²) >= 11 is 6.07. The van der Waals surface area contributed by atoms with E-state index in [-0.39, 0.29) is 22.7 Å². The van der Waals surface area contributed by atoms with Gasteiger partial charge in [-0.15, -0.1) is 0 Å². The molecule has 0 fully saturated rings. The molecule has 128 valence electrons. The maximum absolute atomic E-state index is 12.4. The Balaban J connectivity index is 2.24. The van der Waals surface area contributed by atoms with Crippen molar-refractivity contribution in [1.29, 1.82) is 0 Å². The Bertz CT molecular complexity index is 838. The Morgan fingerprint density at radius 2 is 1.79 bits per heavy atom. The van der Waals surface area contributed by atoms with Crippen molar-refractivity contribution in [3.8, 4) is 0 Å². The van der Waals surface area contributed by atoms with E-state index in [0.717, 1.165) is 16.1 Å². The Labute approximate surface area is 147 Å². The predicted molar refractivity (Wildman–Crippen MR) is 97.0 cm³/mol. The van der Waals surface area contributed by atoms with Gasteiger partial charge in [0.25, 0.3) is 5.91 Å². The number of nitrogens with zero attached hydrogens (tertiary/aromatic N) is 1. The number of nitrogens with one attached hydrogen (secondary N) is 1. The summed E-state index contributed by atoms with van der Waals surface area (Å²) in [6.07, 6.45) is 1.08. The third-order valence-electron chi connectivity index (χ3n) is 3.69. The molecule has 0 aromatic heterocycles. The van der Waals surface area contributed by atoms with Gasteiger partial charge >= 0.3 is 0 Å². The number of carbonyl (C=O) groups excluding carboxylic acids is 1. The second-order valence-electron chi connectivity index (χ2n) is 5.50. The molecule has 0 radical (unpaired) electrons. The van der Waals surface area contributed by atoms with Gasteiger partial charge in [0.15, 0.2) is 0 Å². The average molecular weight is 367 g/mol. The van der Waals surface area contributed by atoms with Crippen LogP contribution in [-0.4, -0.2) is 27.6 Å². The van der Waals surface area contributed by atoms with Gasteiger partial charge in [0.1, 0.15) is 0 Å². The first kappa shape index (κ1) is 18.3. The number of sulfonamides is 1. The lowest BCUT2D eigenvalue weighted by atomic mass is 10.1. The van der Waals surface area contributed by atoms with E-state index < -0.39 is 10.0 Å². The molecule has 0 heterocycles. The molecule has 0 saturated heterocycles. The summed E-state index contributed by atoms with van der Waals surface area (Å²) < 4.78 is 24.4. The van der Waals surface area contributed by atoms with Crippen molar-refractivity contribution < 1.29 is 13.2 Å². The molecule has 2 aromatic rings. The summed E-state index contributed by atoms with van der Waals surface area (Å²) in [4.78, 5) is 12.4. The van der Waals surface area contributed by atoms with Crippen molar-refractivity contribution in [2.75, 3.05) is 17.6 Å². The molecular formula is C17H19ClN2O3S. The van der Waals surface area contributed by atoms with Gasteiger partial charge in [0.2, 0.25) is 10.0 Å². The molecular weight excluding hydrogens is 348 g/mol. The fourth-order valence-corrected chi connectivity index (χ4v) is 2.98. The van der Waals surface area contributed by atoms with Crippen molar-refractivity contribution in [2.45, 2.75) is 13.0 Å². The average Bonchev–Trinajstić information content (AvgIpc) is 2.54. The maximum Gasteiger partial charge on any atom is 0.251 e. The minimum Gasteiger partial charge on any atom is -0.346 e. The van der Waals surface area contributed by atoms with E-state index >= 15 is 0 Å². The van der Waals surface area contributed by atoms with Crippen molar-refractivity contribution >= 4 is 33.2 Å². The number of hydrogen-bond donors (Lipinski definition) is 1. The van der Waals surface area contributed by atoms with Crippen molar-refractivity contribution in [3.63, 3.8) is 0 Å². The fourth-order valence-electron chi connectivity index (χ4n) is 2.18. The number of hydrogen-bond acceptors (Lipinski definition) is 3. The monoisotopic (exact) mass is 366 g/mol. The van der Waals surface area contributed by atoms with E-state index in [4.69, 9.17) is 11.6 Å². The molecule has 0 bridgehead atoms. The number of anilines is 1.